The Balaban J connectivity index is 1.84. The normalized spacial score (nSPS) is 12.8. The molecule has 3 rings (SSSR count). The molecule has 1 aromatic heterocycles. The number of nitrogens with zero attached hydrogens (tertiary/aromatic N) is 1. The van der Waals surface area contributed by atoms with Gasteiger partial charge in [0.1, 0.15) is 5.52 Å². The minimum atomic E-state index is -0.684. The van der Waals surface area contributed by atoms with Crippen molar-refractivity contribution < 1.29 is 9.52 Å². The molecule has 1 unspecified atom stereocenters. The van der Waals surface area contributed by atoms with E-state index in [1.54, 1.807) is 18.2 Å². The number of hydrogen-bond acceptors (Lipinski definition) is 3. The lowest BCUT2D eigenvalue weighted by Gasteiger charge is -2.09. The maximum atomic E-state index is 10.3. The number of rotatable bonds is 3. The highest BCUT2D eigenvalue weighted by Crippen LogP contribution is 2.28. The van der Waals surface area contributed by atoms with E-state index >= 15 is 0 Å². The summed E-state index contributed by atoms with van der Waals surface area (Å²) in [6.07, 6.45) is -0.362. The average molecular weight is 353 g/mol. The highest BCUT2D eigenvalue weighted by molar-refractivity contribution is 9.10. The largest absolute Gasteiger partial charge is 0.441 e. The van der Waals surface area contributed by atoms with Crippen LogP contribution in [0, 0.1) is 0 Å². The summed E-state index contributed by atoms with van der Waals surface area (Å²) in [6, 6.07) is 12.9. The summed E-state index contributed by atoms with van der Waals surface area (Å²) in [4.78, 5) is 4.35. The third-order valence-corrected chi connectivity index (χ3v) is 4.25. The zero-order chi connectivity index (χ0) is 14.1. The molecule has 102 valence electrons. The van der Waals surface area contributed by atoms with Crippen LogP contribution in [-0.2, 0) is 6.42 Å². The van der Waals surface area contributed by atoms with E-state index in [-0.39, 0.29) is 0 Å². The first kappa shape index (κ1) is 13.6. The number of benzene rings is 2. The lowest BCUT2D eigenvalue weighted by molar-refractivity contribution is 0.169. The summed E-state index contributed by atoms with van der Waals surface area (Å²) < 4.78 is 6.36. The van der Waals surface area contributed by atoms with Crippen molar-refractivity contribution in [3.63, 3.8) is 0 Å². The number of halogens is 2. The van der Waals surface area contributed by atoms with Gasteiger partial charge in [0.05, 0.1) is 17.5 Å². The highest BCUT2D eigenvalue weighted by atomic mass is 79.9. The molecule has 1 atom stereocenters. The fraction of sp³-hybridized carbons (Fsp3) is 0.133. The van der Waals surface area contributed by atoms with Crippen molar-refractivity contribution in [2.75, 3.05) is 0 Å². The second kappa shape index (κ2) is 5.56. The van der Waals surface area contributed by atoms with E-state index < -0.39 is 6.10 Å². The van der Waals surface area contributed by atoms with Gasteiger partial charge in [0, 0.05) is 4.47 Å². The van der Waals surface area contributed by atoms with E-state index in [1.165, 1.54) is 0 Å². The zero-order valence-corrected chi connectivity index (χ0v) is 12.7. The zero-order valence-electron chi connectivity index (χ0n) is 10.4. The number of para-hydroxylation sites is 2. The smallest absolute Gasteiger partial charge is 0.198 e. The molecule has 0 aliphatic rings. The first-order chi connectivity index (χ1) is 9.63. The van der Waals surface area contributed by atoms with Crippen LogP contribution in [-0.4, -0.2) is 10.1 Å². The van der Waals surface area contributed by atoms with Crippen LogP contribution in [0.15, 0.2) is 51.4 Å². The molecule has 1 heterocycles. The van der Waals surface area contributed by atoms with Gasteiger partial charge in [0.2, 0.25) is 0 Å². The molecule has 1 N–H and O–H groups in total. The lowest BCUT2D eigenvalue weighted by atomic mass is 10.1. The summed E-state index contributed by atoms with van der Waals surface area (Å²) in [6.45, 7) is 0. The predicted molar refractivity (Wildman–Crippen MR) is 81.8 cm³/mol. The van der Waals surface area contributed by atoms with Gasteiger partial charge in [-0.25, -0.2) is 4.98 Å². The quantitative estimate of drug-likeness (QED) is 0.754. The fourth-order valence-corrected chi connectivity index (χ4v) is 2.52. The van der Waals surface area contributed by atoms with Gasteiger partial charge in [0.25, 0.3) is 0 Å². The maximum absolute atomic E-state index is 10.3. The summed E-state index contributed by atoms with van der Waals surface area (Å²) in [7, 11) is 0. The summed E-state index contributed by atoms with van der Waals surface area (Å²) in [5, 5.41) is 10.9. The average Bonchev–Trinajstić information content (AvgIpc) is 2.83. The number of aromatic nitrogens is 1. The Morgan fingerprint density at radius 3 is 2.80 bits per heavy atom. The van der Waals surface area contributed by atoms with Gasteiger partial charge in [-0.2, -0.15) is 0 Å². The number of aliphatic hydroxyl groups excluding tert-OH is 1. The minimum Gasteiger partial charge on any atom is -0.441 e. The van der Waals surface area contributed by atoms with Gasteiger partial charge in [-0.15, -0.1) is 0 Å². The molecule has 0 saturated heterocycles. The van der Waals surface area contributed by atoms with E-state index in [4.69, 9.17) is 16.0 Å². The first-order valence-corrected chi connectivity index (χ1v) is 7.28. The van der Waals surface area contributed by atoms with Gasteiger partial charge in [0.15, 0.2) is 11.5 Å². The molecule has 2 aromatic carbocycles. The van der Waals surface area contributed by atoms with Crippen molar-refractivity contribution in [3.8, 4) is 0 Å². The van der Waals surface area contributed by atoms with E-state index in [2.05, 4.69) is 20.9 Å². The Bertz CT molecular complexity index is 723. The Kier molecular flexibility index (Phi) is 3.78. The van der Waals surface area contributed by atoms with Gasteiger partial charge in [-0.1, -0.05) is 29.8 Å². The van der Waals surface area contributed by atoms with Gasteiger partial charge < -0.3 is 9.52 Å². The summed E-state index contributed by atoms with van der Waals surface area (Å²) >= 11 is 9.29. The van der Waals surface area contributed by atoms with Crippen molar-refractivity contribution in [1.29, 1.82) is 0 Å². The monoisotopic (exact) mass is 351 g/mol. The second-order valence-corrected chi connectivity index (χ2v) is 5.73. The molecule has 5 heteroatoms. The van der Waals surface area contributed by atoms with Crippen LogP contribution in [0.25, 0.3) is 11.1 Å². The first-order valence-electron chi connectivity index (χ1n) is 6.11. The molecular formula is C15H11BrClNO2. The minimum absolute atomic E-state index is 0.322. The van der Waals surface area contributed by atoms with Crippen LogP contribution in [0.2, 0.25) is 5.02 Å². The van der Waals surface area contributed by atoms with Gasteiger partial charge in [-0.05, 0) is 45.8 Å². The fourth-order valence-electron chi connectivity index (χ4n) is 2.01. The SMILES string of the molecule is OC(Cc1nc2ccccc2o1)c1ccc(Cl)c(Br)c1. The second-order valence-electron chi connectivity index (χ2n) is 4.47. The van der Waals surface area contributed by atoms with Crippen LogP contribution < -0.4 is 0 Å². The lowest BCUT2D eigenvalue weighted by Crippen LogP contribution is -2.02. The molecule has 0 aliphatic heterocycles. The topological polar surface area (TPSA) is 46.3 Å². The van der Waals surface area contributed by atoms with E-state index in [0.717, 1.165) is 21.1 Å². The Morgan fingerprint density at radius 1 is 1.25 bits per heavy atom. The van der Waals surface area contributed by atoms with Crippen molar-refractivity contribution in [1.82, 2.24) is 4.98 Å². The highest BCUT2D eigenvalue weighted by Gasteiger charge is 2.14. The molecule has 0 amide bonds. The van der Waals surface area contributed by atoms with Crippen molar-refractivity contribution in [3.05, 3.63) is 63.4 Å². The van der Waals surface area contributed by atoms with Crippen molar-refractivity contribution >= 4 is 38.6 Å². The van der Waals surface area contributed by atoms with Gasteiger partial charge in [-0.3, -0.25) is 0 Å². The Hall–Kier alpha value is -1.36. The molecule has 3 nitrogen and oxygen atoms in total. The Morgan fingerprint density at radius 2 is 2.05 bits per heavy atom. The molecule has 0 aliphatic carbocycles. The van der Waals surface area contributed by atoms with Crippen molar-refractivity contribution in [2.45, 2.75) is 12.5 Å². The number of oxazole rings is 1. The summed E-state index contributed by atoms with van der Waals surface area (Å²) in [5.74, 6) is 0.518. The third kappa shape index (κ3) is 2.73. The van der Waals surface area contributed by atoms with E-state index in [9.17, 15) is 5.11 Å². The Labute approximate surface area is 129 Å². The van der Waals surface area contributed by atoms with Gasteiger partial charge >= 0.3 is 0 Å². The maximum Gasteiger partial charge on any atom is 0.198 e. The molecule has 0 bridgehead atoms. The van der Waals surface area contributed by atoms with Crippen LogP contribution >= 0.6 is 27.5 Å². The summed E-state index contributed by atoms with van der Waals surface area (Å²) in [5.41, 5.74) is 2.29. The number of aliphatic hydroxyl groups is 1. The van der Waals surface area contributed by atoms with E-state index in [0.29, 0.717) is 17.3 Å². The molecule has 20 heavy (non-hydrogen) atoms. The molecular weight excluding hydrogens is 342 g/mol. The molecule has 0 spiro atoms. The molecule has 0 fully saturated rings. The predicted octanol–water partition coefficient (Wildman–Crippen LogP) is 4.52. The molecule has 0 radical (unpaired) electrons. The van der Waals surface area contributed by atoms with Crippen LogP contribution in [0.1, 0.15) is 17.6 Å². The molecule has 3 aromatic rings. The van der Waals surface area contributed by atoms with Crippen molar-refractivity contribution in [2.24, 2.45) is 0 Å². The van der Waals surface area contributed by atoms with Crippen LogP contribution in [0.5, 0.6) is 0 Å². The van der Waals surface area contributed by atoms with Crippen LogP contribution in [0.3, 0.4) is 0 Å². The molecule has 0 saturated carbocycles. The van der Waals surface area contributed by atoms with E-state index in [1.807, 2.05) is 24.3 Å². The standard InChI is InChI=1S/C15H11BrClNO2/c16-10-7-9(5-6-11(10)17)13(19)8-15-18-12-3-1-2-4-14(12)20-15/h1-7,13,19H,8H2. The number of hydrogen-bond donors (Lipinski definition) is 1. The third-order valence-electron chi connectivity index (χ3n) is 3.03. The number of fused-ring (bicyclic) bond motifs is 1. The van der Waals surface area contributed by atoms with Crippen LogP contribution in [0.4, 0.5) is 0 Å².